The molecule has 0 fully saturated rings. The molecule has 0 saturated carbocycles. The average Bonchev–Trinajstić information content (AvgIpc) is 2.86. The second-order valence-corrected chi connectivity index (χ2v) is 9.73. The molecular weight excluding hydrogens is 412 g/mol. The highest BCUT2D eigenvalue weighted by molar-refractivity contribution is 5.97. The summed E-state index contributed by atoms with van der Waals surface area (Å²) in [7, 11) is 0. The third-order valence-electron chi connectivity index (χ3n) is 6.71. The van der Waals surface area contributed by atoms with Crippen LogP contribution < -0.4 is 0 Å². The highest BCUT2D eigenvalue weighted by Crippen LogP contribution is 2.36. The molecule has 172 valence electrons. The van der Waals surface area contributed by atoms with Crippen molar-refractivity contribution in [1.82, 2.24) is 0 Å². The lowest BCUT2D eigenvalue weighted by Gasteiger charge is -2.25. The Morgan fingerprint density at radius 3 is 0.971 bits per heavy atom. The Balaban J connectivity index is 1.83. The molecule has 4 aromatic carbocycles. The van der Waals surface area contributed by atoms with Crippen LogP contribution >= 0.6 is 0 Å². The normalized spacial score (nSPS) is 13.1. The van der Waals surface area contributed by atoms with E-state index in [2.05, 4.69) is 100 Å². The molecule has 0 bridgehead atoms. The molecule has 0 aliphatic carbocycles. The van der Waals surface area contributed by atoms with E-state index in [9.17, 15) is 4.79 Å². The summed E-state index contributed by atoms with van der Waals surface area (Å²) in [6, 6.07) is 37.6. The number of rotatable bonds is 8. The minimum absolute atomic E-state index is 0.201. The van der Waals surface area contributed by atoms with E-state index in [1.807, 2.05) is 36.4 Å². The minimum atomic E-state index is -0.336. The van der Waals surface area contributed by atoms with Crippen LogP contribution in [0.15, 0.2) is 109 Å². The molecule has 0 amide bonds. The summed E-state index contributed by atoms with van der Waals surface area (Å²) in [6.45, 7) is 8.78. The Kier molecular flexibility index (Phi) is 7.43. The number of Topliss-reactive ketones (excluding diaryl/α,β-unsaturated/α-hetero) is 1. The van der Waals surface area contributed by atoms with Gasteiger partial charge in [-0.2, -0.15) is 0 Å². The third-order valence-corrected chi connectivity index (χ3v) is 6.71. The van der Waals surface area contributed by atoms with Crippen LogP contribution in [0.1, 0.15) is 84.7 Å². The van der Waals surface area contributed by atoms with Gasteiger partial charge in [-0.3, -0.25) is 4.79 Å². The van der Waals surface area contributed by atoms with Gasteiger partial charge in [-0.25, -0.2) is 0 Å². The zero-order chi connectivity index (χ0) is 24.1. The molecule has 0 aliphatic heterocycles. The van der Waals surface area contributed by atoms with Crippen LogP contribution in [0.2, 0.25) is 0 Å². The second kappa shape index (κ2) is 10.7. The lowest BCUT2D eigenvalue weighted by molar-refractivity contribution is -0.120. The molecule has 4 rings (SSSR count). The van der Waals surface area contributed by atoms with Crippen molar-refractivity contribution in [3.63, 3.8) is 0 Å². The van der Waals surface area contributed by atoms with Gasteiger partial charge in [-0.05, 0) is 45.2 Å². The summed E-state index contributed by atoms with van der Waals surface area (Å²) in [5, 5.41) is 0. The predicted octanol–water partition coefficient (Wildman–Crippen LogP) is 8.47. The lowest BCUT2D eigenvalue weighted by Crippen LogP contribution is -2.23. The predicted molar refractivity (Wildman–Crippen MR) is 143 cm³/mol. The van der Waals surface area contributed by atoms with Crippen molar-refractivity contribution < 1.29 is 4.79 Å². The second-order valence-electron chi connectivity index (χ2n) is 9.73. The third kappa shape index (κ3) is 5.20. The Bertz CT molecular complexity index is 1090. The first kappa shape index (κ1) is 23.7. The molecule has 0 heterocycles. The van der Waals surface area contributed by atoms with Crippen molar-refractivity contribution in [1.29, 1.82) is 0 Å². The SMILES string of the molecule is CC(C)c1ccc(C(C(=O)C(c2ccccc2)c2ccc(C(C)C)cc2)c2ccccc2)cc1. The molecule has 0 spiro atoms. The van der Waals surface area contributed by atoms with Gasteiger partial charge in [0, 0.05) is 0 Å². The van der Waals surface area contributed by atoms with Crippen molar-refractivity contribution in [3.8, 4) is 0 Å². The standard InChI is InChI=1S/C33H34O/c1-23(2)25-15-19-29(20-16-25)31(27-11-7-5-8-12-27)33(34)32(28-13-9-6-10-14-28)30-21-17-26(18-22-30)24(3)4/h5-24,31-32H,1-4H3. The van der Waals surface area contributed by atoms with Crippen LogP contribution in [0.25, 0.3) is 0 Å². The fourth-order valence-corrected chi connectivity index (χ4v) is 4.65. The van der Waals surface area contributed by atoms with Crippen molar-refractivity contribution in [2.45, 2.75) is 51.4 Å². The first-order chi connectivity index (χ1) is 16.5. The largest absolute Gasteiger partial charge is 0.298 e. The van der Waals surface area contributed by atoms with Gasteiger partial charge in [0.2, 0.25) is 0 Å². The highest BCUT2D eigenvalue weighted by atomic mass is 16.1. The average molecular weight is 447 g/mol. The minimum Gasteiger partial charge on any atom is -0.298 e. The summed E-state index contributed by atoms with van der Waals surface area (Å²) >= 11 is 0. The van der Waals surface area contributed by atoms with Gasteiger partial charge < -0.3 is 0 Å². The van der Waals surface area contributed by atoms with E-state index < -0.39 is 0 Å². The topological polar surface area (TPSA) is 17.1 Å². The van der Waals surface area contributed by atoms with Gasteiger partial charge in [0.05, 0.1) is 11.8 Å². The summed E-state index contributed by atoms with van der Waals surface area (Å²) in [4.78, 5) is 14.5. The van der Waals surface area contributed by atoms with Gasteiger partial charge >= 0.3 is 0 Å². The molecule has 0 N–H and O–H groups in total. The Morgan fingerprint density at radius 1 is 0.412 bits per heavy atom. The number of benzene rings is 4. The summed E-state index contributed by atoms with van der Waals surface area (Å²) in [5.41, 5.74) is 6.72. The summed E-state index contributed by atoms with van der Waals surface area (Å²) < 4.78 is 0. The van der Waals surface area contributed by atoms with Crippen molar-refractivity contribution in [2.75, 3.05) is 0 Å². The molecule has 1 heteroatoms. The number of carbonyl (C=O) groups is 1. The number of hydrogen-bond acceptors (Lipinski definition) is 1. The van der Waals surface area contributed by atoms with Crippen LogP contribution in [0.4, 0.5) is 0 Å². The molecule has 0 aromatic heterocycles. The van der Waals surface area contributed by atoms with E-state index in [-0.39, 0.29) is 17.6 Å². The lowest BCUT2D eigenvalue weighted by atomic mass is 9.76. The van der Waals surface area contributed by atoms with Crippen LogP contribution in [-0.4, -0.2) is 5.78 Å². The first-order valence-electron chi connectivity index (χ1n) is 12.3. The highest BCUT2D eigenvalue weighted by Gasteiger charge is 2.32. The van der Waals surface area contributed by atoms with Gasteiger partial charge in [0.1, 0.15) is 0 Å². The van der Waals surface area contributed by atoms with Crippen LogP contribution in [0.3, 0.4) is 0 Å². The molecule has 4 aromatic rings. The monoisotopic (exact) mass is 446 g/mol. The molecular formula is C33H34O. The van der Waals surface area contributed by atoms with Gasteiger partial charge in [0.25, 0.3) is 0 Å². The molecule has 0 saturated heterocycles. The Morgan fingerprint density at radius 2 is 0.676 bits per heavy atom. The van der Waals surface area contributed by atoms with E-state index in [1.165, 1.54) is 11.1 Å². The van der Waals surface area contributed by atoms with Crippen molar-refractivity contribution >= 4 is 5.78 Å². The van der Waals surface area contributed by atoms with Crippen LogP contribution in [0.5, 0.6) is 0 Å². The zero-order valence-electron chi connectivity index (χ0n) is 20.6. The van der Waals surface area contributed by atoms with E-state index in [1.54, 1.807) is 0 Å². The summed E-state index contributed by atoms with van der Waals surface area (Å²) in [5.74, 6) is 0.440. The molecule has 0 aliphatic rings. The van der Waals surface area contributed by atoms with Gasteiger partial charge in [0.15, 0.2) is 5.78 Å². The smallest absolute Gasteiger partial charge is 0.156 e. The maximum atomic E-state index is 14.5. The molecule has 0 radical (unpaired) electrons. The van der Waals surface area contributed by atoms with Crippen LogP contribution in [-0.2, 0) is 4.79 Å². The molecule has 2 unspecified atom stereocenters. The number of hydrogen-bond donors (Lipinski definition) is 0. The van der Waals surface area contributed by atoms with Crippen LogP contribution in [0, 0.1) is 0 Å². The quantitative estimate of drug-likeness (QED) is 0.265. The van der Waals surface area contributed by atoms with Gasteiger partial charge in [-0.15, -0.1) is 0 Å². The zero-order valence-corrected chi connectivity index (χ0v) is 20.6. The molecule has 1 nitrogen and oxygen atoms in total. The summed E-state index contributed by atoms with van der Waals surface area (Å²) in [6.07, 6.45) is 0. The van der Waals surface area contributed by atoms with Gasteiger partial charge in [-0.1, -0.05) is 137 Å². The Labute approximate surface area is 204 Å². The van der Waals surface area contributed by atoms with E-state index in [0.29, 0.717) is 11.8 Å². The maximum Gasteiger partial charge on any atom is 0.156 e. The van der Waals surface area contributed by atoms with Crippen molar-refractivity contribution in [3.05, 3.63) is 143 Å². The number of ketones is 1. The fraction of sp³-hybridized carbons (Fsp3) is 0.242. The molecule has 34 heavy (non-hydrogen) atoms. The van der Waals surface area contributed by atoms with E-state index in [0.717, 1.165) is 22.3 Å². The fourth-order valence-electron chi connectivity index (χ4n) is 4.65. The van der Waals surface area contributed by atoms with E-state index in [4.69, 9.17) is 0 Å². The first-order valence-corrected chi connectivity index (χ1v) is 12.3. The van der Waals surface area contributed by atoms with Crippen molar-refractivity contribution in [2.24, 2.45) is 0 Å². The Hall–Kier alpha value is -3.45. The van der Waals surface area contributed by atoms with E-state index >= 15 is 0 Å². The number of carbonyl (C=O) groups excluding carboxylic acids is 1. The maximum absolute atomic E-state index is 14.5. The molecule has 2 atom stereocenters.